The fourth-order valence-corrected chi connectivity index (χ4v) is 4.77. The van der Waals surface area contributed by atoms with Crippen LogP contribution in [0.1, 0.15) is 33.6 Å². The van der Waals surface area contributed by atoms with Gasteiger partial charge in [-0.2, -0.15) is 5.10 Å². The predicted molar refractivity (Wildman–Crippen MR) is 134 cm³/mol. The smallest absolute Gasteiger partial charge is 0.260 e. The first-order chi connectivity index (χ1) is 15.5. The number of aryl methyl sites for hydroxylation is 4. The van der Waals surface area contributed by atoms with Crippen LogP contribution in [0.5, 0.6) is 0 Å². The molecule has 0 fully saturated rings. The summed E-state index contributed by atoms with van der Waals surface area (Å²) >= 11 is 0. The number of hydrazone groups is 1. The minimum absolute atomic E-state index is 0.360. The van der Waals surface area contributed by atoms with E-state index in [0.717, 1.165) is 38.8 Å². The lowest BCUT2D eigenvalue weighted by atomic mass is 10.1. The van der Waals surface area contributed by atoms with Gasteiger partial charge in [0, 0.05) is 22.6 Å². The number of nitrogens with zero attached hydrogens (tertiary/aromatic N) is 3. The van der Waals surface area contributed by atoms with Crippen LogP contribution in [0.2, 0.25) is 0 Å². The third-order valence-electron chi connectivity index (χ3n) is 5.30. The average Bonchev–Trinajstić information content (AvgIpc) is 2.97. The maximum atomic E-state index is 12.5. The van der Waals surface area contributed by atoms with Gasteiger partial charge in [0.15, 0.2) is 0 Å². The molecule has 3 aromatic rings. The maximum absolute atomic E-state index is 12.5. The number of anilines is 1. The maximum Gasteiger partial charge on any atom is 0.260 e. The number of hydrogen-bond donors (Lipinski definition) is 1. The molecule has 7 nitrogen and oxygen atoms in total. The van der Waals surface area contributed by atoms with Crippen LogP contribution in [0.3, 0.4) is 0 Å². The number of aromatic nitrogens is 1. The largest absolute Gasteiger partial charge is 0.318 e. The van der Waals surface area contributed by atoms with E-state index in [2.05, 4.69) is 47.1 Å². The number of carbonyl (C=O) groups is 1. The molecule has 0 radical (unpaired) electrons. The van der Waals surface area contributed by atoms with Crippen molar-refractivity contribution in [1.82, 2.24) is 9.99 Å². The summed E-state index contributed by atoms with van der Waals surface area (Å²) in [6.45, 7) is 9.66. The molecule has 0 aliphatic heterocycles. The van der Waals surface area contributed by atoms with Crippen molar-refractivity contribution in [3.8, 4) is 5.69 Å². The van der Waals surface area contributed by atoms with Crippen molar-refractivity contribution in [3.63, 3.8) is 0 Å². The van der Waals surface area contributed by atoms with Gasteiger partial charge in [-0.1, -0.05) is 18.2 Å². The second-order valence-electron chi connectivity index (χ2n) is 8.41. The third-order valence-corrected chi connectivity index (χ3v) is 6.45. The van der Waals surface area contributed by atoms with E-state index in [-0.39, 0.29) is 6.54 Å². The fourth-order valence-electron chi connectivity index (χ4n) is 3.92. The molecule has 0 aliphatic rings. The zero-order valence-electron chi connectivity index (χ0n) is 19.9. The molecule has 3 rings (SSSR count). The Morgan fingerprint density at radius 3 is 2.27 bits per heavy atom. The summed E-state index contributed by atoms with van der Waals surface area (Å²) in [4.78, 5) is 12.5. The quantitative estimate of drug-likeness (QED) is 0.423. The van der Waals surface area contributed by atoms with Crippen LogP contribution in [-0.4, -0.2) is 37.9 Å². The Kier molecular flexibility index (Phi) is 7.07. The molecule has 33 heavy (non-hydrogen) atoms. The number of rotatable bonds is 7. The van der Waals surface area contributed by atoms with E-state index in [1.54, 1.807) is 24.4 Å². The van der Waals surface area contributed by atoms with Crippen molar-refractivity contribution in [2.45, 2.75) is 34.6 Å². The van der Waals surface area contributed by atoms with Crippen LogP contribution in [0, 0.1) is 34.6 Å². The lowest BCUT2D eigenvalue weighted by Gasteiger charge is -2.21. The van der Waals surface area contributed by atoms with Crippen LogP contribution in [0.25, 0.3) is 5.69 Å². The van der Waals surface area contributed by atoms with Crippen LogP contribution in [0.4, 0.5) is 5.69 Å². The van der Waals surface area contributed by atoms with Gasteiger partial charge in [0.25, 0.3) is 5.91 Å². The normalized spacial score (nSPS) is 11.7. The first kappa shape index (κ1) is 24.3. The van der Waals surface area contributed by atoms with E-state index in [0.29, 0.717) is 5.69 Å². The van der Waals surface area contributed by atoms with Gasteiger partial charge in [0.2, 0.25) is 10.0 Å². The number of nitrogens with one attached hydrogen (secondary N) is 1. The van der Waals surface area contributed by atoms with Gasteiger partial charge in [0.1, 0.15) is 6.54 Å². The molecule has 1 heterocycles. The van der Waals surface area contributed by atoms with E-state index in [1.807, 2.05) is 32.9 Å². The first-order valence-corrected chi connectivity index (χ1v) is 12.4. The summed E-state index contributed by atoms with van der Waals surface area (Å²) in [5.41, 5.74) is 10.1. The summed E-state index contributed by atoms with van der Waals surface area (Å²) in [6, 6.07) is 15.4. The van der Waals surface area contributed by atoms with Crippen molar-refractivity contribution < 1.29 is 13.2 Å². The molecular formula is C25H30N4O3S. The number of amides is 1. The second kappa shape index (κ2) is 9.62. The third kappa shape index (κ3) is 5.90. The Morgan fingerprint density at radius 1 is 1.00 bits per heavy atom. The second-order valence-corrected chi connectivity index (χ2v) is 10.3. The van der Waals surface area contributed by atoms with Gasteiger partial charge < -0.3 is 4.57 Å². The summed E-state index contributed by atoms with van der Waals surface area (Å²) < 4.78 is 27.7. The monoisotopic (exact) mass is 466 g/mol. The average molecular weight is 467 g/mol. The lowest BCUT2D eigenvalue weighted by molar-refractivity contribution is -0.119. The van der Waals surface area contributed by atoms with Crippen LogP contribution in [0.15, 0.2) is 53.6 Å². The van der Waals surface area contributed by atoms with E-state index >= 15 is 0 Å². The van der Waals surface area contributed by atoms with Gasteiger partial charge in [-0.3, -0.25) is 9.10 Å². The Bertz CT molecular complexity index is 1300. The van der Waals surface area contributed by atoms with Crippen LogP contribution < -0.4 is 9.73 Å². The number of hydrogen-bond acceptors (Lipinski definition) is 4. The highest BCUT2D eigenvalue weighted by Crippen LogP contribution is 2.22. The van der Waals surface area contributed by atoms with E-state index in [4.69, 9.17) is 0 Å². The molecule has 174 valence electrons. The molecule has 0 aliphatic carbocycles. The molecule has 0 bridgehead atoms. The van der Waals surface area contributed by atoms with Crippen molar-refractivity contribution in [2.24, 2.45) is 5.10 Å². The Labute approximate surface area is 195 Å². The standard InChI is InChI=1S/C25H30N4O3S/c1-17-8-7-9-23(11-17)28(33(6,31)32)16-25(30)27-26-15-22-14-20(4)29(21(22)5)24-12-18(2)10-19(3)13-24/h7-15H,16H2,1-6H3,(H,27,30)/b26-15+. The highest BCUT2D eigenvalue weighted by Gasteiger charge is 2.20. The summed E-state index contributed by atoms with van der Waals surface area (Å²) in [7, 11) is -3.64. The molecule has 0 spiro atoms. The van der Waals surface area contributed by atoms with E-state index in [9.17, 15) is 13.2 Å². The highest BCUT2D eigenvalue weighted by atomic mass is 32.2. The van der Waals surface area contributed by atoms with Crippen molar-refractivity contribution >= 4 is 27.8 Å². The van der Waals surface area contributed by atoms with Gasteiger partial charge in [0.05, 0.1) is 18.2 Å². The lowest BCUT2D eigenvalue weighted by Crippen LogP contribution is -2.39. The first-order valence-electron chi connectivity index (χ1n) is 10.6. The van der Waals surface area contributed by atoms with Gasteiger partial charge in [-0.05, 0) is 81.6 Å². The molecular weight excluding hydrogens is 436 g/mol. The van der Waals surface area contributed by atoms with Crippen LogP contribution in [-0.2, 0) is 14.8 Å². The molecule has 0 saturated carbocycles. The minimum Gasteiger partial charge on any atom is -0.318 e. The van der Waals surface area contributed by atoms with Gasteiger partial charge in [-0.15, -0.1) is 0 Å². The summed E-state index contributed by atoms with van der Waals surface area (Å²) in [6.07, 6.45) is 2.66. The molecule has 1 aromatic heterocycles. The van der Waals surface area contributed by atoms with Crippen LogP contribution >= 0.6 is 0 Å². The van der Waals surface area contributed by atoms with E-state index < -0.39 is 15.9 Å². The summed E-state index contributed by atoms with van der Waals surface area (Å²) in [5.74, 6) is -0.527. The van der Waals surface area contributed by atoms with Crippen molar-refractivity contribution in [1.29, 1.82) is 0 Å². The van der Waals surface area contributed by atoms with Crippen molar-refractivity contribution in [3.05, 3.63) is 82.2 Å². The summed E-state index contributed by atoms with van der Waals surface area (Å²) in [5, 5.41) is 4.07. The zero-order chi connectivity index (χ0) is 24.3. The molecule has 8 heteroatoms. The highest BCUT2D eigenvalue weighted by molar-refractivity contribution is 7.92. The predicted octanol–water partition coefficient (Wildman–Crippen LogP) is 3.94. The Morgan fingerprint density at radius 2 is 1.67 bits per heavy atom. The topological polar surface area (TPSA) is 83.8 Å². The number of sulfonamides is 1. The SMILES string of the molecule is Cc1cccc(N(CC(=O)N/N=C/c2cc(C)n(-c3cc(C)cc(C)c3)c2C)S(C)(=O)=O)c1. The Balaban J connectivity index is 1.76. The van der Waals surface area contributed by atoms with E-state index in [1.165, 1.54) is 11.1 Å². The minimum atomic E-state index is -3.64. The molecule has 2 aromatic carbocycles. The Hall–Kier alpha value is -3.39. The molecule has 0 atom stereocenters. The number of benzene rings is 2. The number of carbonyl (C=O) groups excluding carboxylic acids is 1. The van der Waals surface area contributed by atoms with Gasteiger partial charge in [-0.25, -0.2) is 13.8 Å². The zero-order valence-corrected chi connectivity index (χ0v) is 20.7. The molecule has 1 N–H and O–H groups in total. The van der Waals surface area contributed by atoms with Crippen molar-refractivity contribution in [2.75, 3.05) is 17.1 Å². The fraction of sp³-hybridized carbons (Fsp3) is 0.280. The molecule has 1 amide bonds. The molecule has 0 unspecified atom stereocenters. The molecule has 0 saturated heterocycles. The van der Waals surface area contributed by atoms with Gasteiger partial charge >= 0.3 is 0 Å².